The molecule has 1 aliphatic rings. The third kappa shape index (κ3) is 3.50. The first-order chi connectivity index (χ1) is 9.41. The second kappa shape index (κ2) is 6.11. The number of nitrogens with zero attached hydrogens (tertiary/aromatic N) is 2. The van der Waals surface area contributed by atoms with E-state index in [2.05, 4.69) is 20.9 Å². The van der Waals surface area contributed by atoms with Crippen molar-refractivity contribution in [2.75, 3.05) is 18.4 Å². The number of amides is 1. The SMILES string of the molecule is O=C(c1ccc(C(F)(F)F)cn1)N1CCCC(CBr)C1. The van der Waals surface area contributed by atoms with Gasteiger partial charge in [0.15, 0.2) is 0 Å². The lowest BCUT2D eigenvalue weighted by molar-refractivity contribution is -0.137. The molecular formula is C13H14BrF3N2O. The summed E-state index contributed by atoms with van der Waals surface area (Å²) in [4.78, 5) is 17.5. The van der Waals surface area contributed by atoms with Crippen molar-refractivity contribution in [1.82, 2.24) is 9.88 Å². The lowest BCUT2D eigenvalue weighted by Gasteiger charge is -2.31. The van der Waals surface area contributed by atoms with Crippen molar-refractivity contribution in [3.05, 3.63) is 29.6 Å². The number of rotatable bonds is 2. The molecule has 1 saturated heterocycles. The maximum Gasteiger partial charge on any atom is 0.417 e. The van der Waals surface area contributed by atoms with E-state index in [1.54, 1.807) is 4.90 Å². The molecule has 1 aromatic heterocycles. The Labute approximate surface area is 123 Å². The van der Waals surface area contributed by atoms with Gasteiger partial charge in [0.2, 0.25) is 0 Å². The average molecular weight is 351 g/mol. The highest BCUT2D eigenvalue weighted by Crippen LogP contribution is 2.28. The minimum Gasteiger partial charge on any atom is -0.337 e. The molecule has 2 heterocycles. The van der Waals surface area contributed by atoms with Crippen LogP contribution >= 0.6 is 15.9 Å². The number of pyridine rings is 1. The Balaban J connectivity index is 2.09. The third-order valence-electron chi connectivity index (χ3n) is 3.33. The van der Waals surface area contributed by atoms with Crippen LogP contribution in [0.5, 0.6) is 0 Å². The van der Waals surface area contributed by atoms with Gasteiger partial charge in [-0.1, -0.05) is 15.9 Å². The summed E-state index contributed by atoms with van der Waals surface area (Å²) >= 11 is 3.40. The van der Waals surface area contributed by atoms with E-state index >= 15 is 0 Å². The molecule has 0 saturated carbocycles. The van der Waals surface area contributed by atoms with Crippen molar-refractivity contribution in [2.45, 2.75) is 19.0 Å². The lowest BCUT2D eigenvalue weighted by Crippen LogP contribution is -2.40. The van der Waals surface area contributed by atoms with E-state index in [0.717, 1.165) is 30.3 Å². The normalized spacial score (nSPS) is 20.0. The van der Waals surface area contributed by atoms with Crippen molar-refractivity contribution in [3.8, 4) is 0 Å². The van der Waals surface area contributed by atoms with E-state index in [9.17, 15) is 18.0 Å². The molecule has 1 unspecified atom stereocenters. The van der Waals surface area contributed by atoms with Gasteiger partial charge in [-0.2, -0.15) is 13.2 Å². The minimum atomic E-state index is -4.43. The van der Waals surface area contributed by atoms with Crippen LogP contribution in [-0.2, 0) is 6.18 Å². The Hall–Kier alpha value is -1.11. The monoisotopic (exact) mass is 350 g/mol. The first kappa shape index (κ1) is 15.3. The Bertz CT molecular complexity index is 475. The van der Waals surface area contributed by atoms with Gasteiger partial charge >= 0.3 is 6.18 Å². The number of alkyl halides is 4. The first-order valence-corrected chi connectivity index (χ1v) is 7.42. The van der Waals surface area contributed by atoms with Crippen molar-refractivity contribution < 1.29 is 18.0 Å². The van der Waals surface area contributed by atoms with Crippen LogP contribution in [0.1, 0.15) is 28.9 Å². The second-order valence-corrected chi connectivity index (χ2v) is 5.49. The largest absolute Gasteiger partial charge is 0.417 e. The minimum absolute atomic E-state index is 0.0632. The standard InChI is InChI=1S/C13H14BrF3N2O/c14-6-9-2-1-5-19(8-9)12(20)11-4-3-10(7-18-11)13(15,16)17/h3-4,7,9H,1-2,5-6,8H2. The zero-order valence-corrected chi connectivity index (χ0v) is 12.2. The molecule has 0 aliphatic carbocycles. The lowest BCUT2D eigenvalue weighted by atomic mass is 10.00. The fourth-order valence-electron chi connectivity index (χ4n) is 2.23. The molecule has 1 fully saturated rings. The van der Waals surface area contributed by atoms with Gasteiger partial charge in [-0.3, -0.25) is 9.78 Å². The van der Waals surface area contributed by atoms with Crippen molar-refractivity contribution in [3.63, 3.8) is 0 Å². The molecule has 0 aromatic carbocycles. The number of carbonyl (C=O) groups excluding carboxylic acids is 1. The summed E-state index contributed by atoms with van der Waals surface area (Å²) in [7, 11) is 0. The van der Waals surface area contributed by atoms with Gasteiger partial charge in [0.1, 0.15) is 5.69 Å². The topological polar surface area (TPSA) is 33.2 Å². The van der Waals surface area contributed by atoms with Gasteiger partial charge in [-0.05, 0) is 30.9 Å². The van der Waals surface area contributed by atoms with E-state index in [-0.39, 0.29) is 11.6 Å². The molecule has 0 radical (unpaired) electrons. The quantitative estimate of drug-likeness (QED) is 0.766. The third-order valence-corrected chi connectivity index (χ3v) is 4.25. The molecule has 1 amide bonds. The summed E-state index contributed by atoms with van der Waals surface area (Å²) in [6, 6.07) is 2.04. The zero-order chi connectivity index (χ0) is 14.8. The van der Waals surface area contributed by atoms with Crippen molar-refractivity contribution in [1.29, 1.82) is 0 Å². The number of likely N-dealkylation sites (tertiary alicyclic amines) is 1. The molecule has 1 aliphatic heterocycles. The maximum atomic E-state index is 12.4. The van der Waals surface area contributed by atoms with Crippen LogP contribution in [0.2, 0.25) is 0 Å². The van der Waals surface area contributed by atoms with Crippen LogP contribution in [0.15, 0.2) is 18.3 Å². The number of aromatic nitrogens is 1. The van der Waals surface area contributed by atoms with E-state index in [1.165, 1.54) is 0 Å². The van der Waals surface area contributed by atoms with Gasteiger partial charge < -0.3 is 4.90 Å². The van der Waals surface area contributed by atoms with E-state index in [4.69, 9.17) is 0 Å². The zero-order valence-electron chi connectivity index (χ0n) is 10.7. The van der Waals surface area contributed by atoms with Crippen LogP contribution in [-0.4, -0.2) is 34.2 Å². The molecule has 0 spiro atoms. The maximum absolute atomic E-state index is 12.4. The molecule has 0 N–H and O–H groups in total. The fourth-order valence-corrected chi connectivity index (χ4v) is 2.75. The van der Waals surface area contributed by atoms with Gasteiger partial charge in [-0.15, -0.1) is 0 Å². The predicted molar refractivity (Wildman–Crippen MR) is 71.7 cm³/mol. The molecule has 3 nitrogen and oxygen atoms in total. The molecule has 0 bridgehead atoms. The Morgan fingerprint density at radius 3 is 2.75 bits per heavy atom. The summed E-state index contributed by atoms with van der Waals surface area (Å²) < 4.78 is 37.3. The Morgan fingerprint density at radius 1 is 1.45 bits per heavy atom. The fraction of sp³-hybridized carbons (Fsp3) is 0.538. The summed E-state index contributed by atoms with van der Waals surface area (Å²) in [5.74, 6) is 0.0894. The highest BCUT2D eigenvalue weighted by Gasteiger charge is 2.31. The summed E-state index contributed by atoms with van der Waals surface area (Å²) in [6.45, 7) is 1.25. The van der Waals surface area contributed by atoms with Crippen molar-refractivity contribution in [2.24, 2.45) is 5.92 Å². The molecule has 110 valence electrons. The summed E-state index contributed by atoms with van der Waals surface area (Å²) in [5, 5.41) is 0.817. The van der Waals surface area contributed by atoms with E-state index in [1.807, 2.05) is 0 Å². The van der Waals surface area contributed by atoms with Crippen LogP contribution < -0.4 is 0 Å². The smallest absolute Gasteiger partial charge is 0.337 e. The number of hydrogen-bond donors (Lipinski definition) is 0. The van der Waals surface area contributed by atoms with Gasteiger partial charge in [0.05, 0.1) is 5.56 Å². The second-order valence-electron chi connectivity index (χ2n) is 4.84. The van der Waals surface area contributed by atoms with E-state index in [0.29, 0.717) is 25.2 Å². The number of hydrogen-bond acceptors (Lipinski definition) is 2. The highest BCUT2D eigenvalue weighted by atomic mass is 79.9. The van der Waals surface area contributed by atoms with Crippen LogP contribution in [0.25, 0.3) is 0 Å². The average Bonchev–Trinajstić information content (AvgIpc) is 2.46. The summed E-state index contributed by atoms with van der Waals surface area (Å²) in [6.07, 6.45) is -1.77. The molecule has 2 rings (SSSR count). The molecule has 7 heteroatoms. The van der Waals surface area contributed by atoms with Gasteiger partial charge in [-0.25, -0.2) is 0 Å². The van der Waals surface area contributed by atoms with E-state index < -0.39 is 11.7 Å². The number of carbonyl (C=O) groups is 1. The first-order valence-electron chi connectivity index (χ1n) is 6.30. The predicted octanol–water partition coefficient (Wildman–Crippen LogP) is 3.35. The molecule has 1 atom stereocenters. The van der Waals surface area contributed by atoms with Crippen molar-refractivity contribution >= 4 is 21.8 Å². The number of piperidine rings is 1. The summed E-state index contributed by atoms with van der Waals surface area (Å²) in [5.41, 5.74) is -0.778. The molecule has 20 heavy (non-hydrogen) atoms. The molecule has 1 aromatic rings. The Morgan fingerprint density at radius 2 is 2.20 bits per heavy atom. The highest BCUT2D eigenvalue weighted by molar-refractivity contribution is 9.09. The van der Waals surface area contributed by atoms with Crippen LogP contribution in [0.3, 0.4) is 0 Å². The van der Waals surface area contributed by atoms with Crippen LogP contribution in [0.4, 0.5) is 13.2 Å². The van der Waals surface area contributed by atoms with Gasteiger partial charge in [0, 0.05) is 24.6 Å². The molecular weight excluding hydrogens is 337 g/mol. The van der Waals surface area contributed by atoms with Gasteiger partial charge in [0.25, 0.3) is 5.91 Å². The Kier molecular flexibility index (Phi) is 4.67. The number of halogens is 4. The van der Waals surface area contributed by atoms with Crippen LogP contribution in [0, 0.1) is 5.92 Å².